The maximum absolute atomic E-state index is 3.63. The Balaban J connectivity index is 2.86. The molecule has 0 radical (unpaired) electrons. The van der Waals surface area contributed by atoms with Crippen LogP contribution in [0.25, 0.3) is 0 Å². The normalized spacial score (nSPS) is 16.2. The second-order valence-electron chi connectivity index (χ2n) is 7.02. The molecule has 2 unspecified atom stereocenters. The highest BCUT2D eigenvalue weighted by Crippen LogP contribution is 2.25. The topological polar surface area (TPSA) is 15.3 Å². The molecule has 21 heavy (non-hydrogen) atoms. The molecule has 0 heterocycles. The summed E-state index contributed by atoms with van der Waals surface area (Å²) < 4.78 is 0. The third-order valence-electron chi connectivity index (χ3n) is 4.43. The molecular weight excluding hydrogens is 256 g/mol. The van der Waals surface area contributed by atoms with Gasteiger partial charge in [-0.1, -0.05) is 64.4 Å². The van der Waals surface area contributed by atoms with Gasteiger partial charge in [0.1, 0.15) is 0 Å². The molecule has 0 aliphatic carbocycles. The molecule has 0 saturated carbocycles. The quantitative estimate of drug-likeness (QED) is 0.738. The van der Waals surface area contributed by atoms with Crippen molar-refractivity contribution in [2.75, 3.05) is 20.1 Å². The Morgan fingerprint density at radius 3 is 2.29 bits per heavy atom. The van der Waals surface area contributed by atoms with Crippen molar-refractivity contribution in [1.82, 2.24) is 10.2 Å². The van der Waals surface area contributed by atoms with Crippen LogP contribution < -0.4 is 5.32 Å². The van der Waals surface area contributed by atoms with Crippen molar-refractivity contribution in [3.63, 3.8) is 0 Å². The maximum Gasteiger partial charge on any atom is 0.0177 e. The van der Waals surface area contributed by atoms with Crippen molar-refractivity contribution in [1.29, 1.82) is 0 Å². The lowest BCUT2D eigenvalue weighted by atomic mass is 9.81. The first-order valence-electron chi connectivity index (χ1n) is 8.38. The Kier molecular flexibility index (Phi) is 7.41. The Hall–Kier alpha value is -0.860. The Morgan fingerprint density at radius 2 is 1.76 bits per heavy atom. The summed E-state index contributed by atoms with van der Waals surface area (Å²) in [6.45, 7) is 13.5. The number of benzene rings is 1. The SMILES string of the molecule is CCCC(C)N(C)CC(C)(CNC(C)C)c1ccccc1. The van der Waals surface area contributed by atoms with E-state index in [-0.39, 0.29) is 5.41 Å². The molecule has 1 aromatic rings. The minimum atomic E-state index is 0.141. The van der Waals surface area contributed by atoms with Gasteiger partial charge in [-0.3, -0.25) is 0 Å². The Labute approximate surface area is 131 Å². The number of nitrogens with one attached hydrogen (secondary N) is 1. The molecule has 2 heteroatoms. The molecule has 2 atom stereocenters. The van der Waals surface area contributed by atoms with Gasteiger partial charge in [0.2, 0.25) is 0 Å². The average molecular weight is 290 g/mol. The van der Waals surface area contributed by atoms with Crippen LogP contribution in [-0.2, 0) is 5.41 Å². The average Bonchev–Trinajstić information content (AvgIpc) is 2.46. The predicted octanol–water partition coefficient (Wildman–Crippen LogP) is 4.06. The number of hydrogen-bond donors (Lipinski definition) is 1. The molecule has 0 fully saturated rings. The highest BCUT2D eigenvalue weighted by Gasteiger charge is 2.29. The summed E-state index contributed by atoms with van der Waals surface area (Å²) in [6.07, 6.45) is 2.51. The van der Waals surface area contributed by atoms with Gasteiger partial charge in [0, 0.05) is 30.6 Å². The van der Waals surface area contributed by atoms with E-state index < -0.39 is 0 Å². The molecule has 2 nitrogen and oxygen atoms in total. The van der Waals surface area contributed by atoms with E-state index in [0.29, 0.717) is 12.1 Å². The van der Waals surface area contributed by atoms with Crippen molar-refractivity contribution in [3.05, 3.63) is 35.9 Å². The summed E-state index contributed by atoms with van der Waals surface area (Å²) in [5.41, 5.74) is 1.57. The van der Waals surface area contributed by atoms with E-state index in [1.54, 1.807) is 0 Å². The maximum atomic E-state index is 3.63. The largest absolute Gasteiger partial charge is 0.314 e. The number of likely N-dealkylation sites (N-methyl/N-ethyl adjacent to an activating group) is 1. The summed E-state index contributed by atoms with van der Waals surface area (Å²) in [5.74, 6) is 0. The minimum Gasteiger partial charge on any atom is -0.314 e. The van der Waals surface area contributed by atoms with Crippen LogP contribution in [0.15, 0.2) is 30.3 Å². The molecular formula is C19H34N2. The van der Waals surface area contributed by atoms with Crippen molar-refractivity contribution in [3.8, 4) is 0 Å². The van der Waals surface area contributed by atoms with E-state index in [0.717, 1.165) is 13.1 Å². The summed E-state index contributed by atoms with van der Waals surface area (Å²) in [5, 5.41) is 3.63. The third kappa shape index (κ3) is 5.80. The van der Waals surface area contributed by atoms with Gasteiger partial charge < -0.3 is 10.2 Å². The molecule has 1 aromatic carbocycles. The van der Waals surface area contributed by atoms with Crippen LogP contribution in [0.4, 0.5) is 0 Å². The van der Waals surface area contributed by atoms with Crippen LogP contribution >= 0.6 is 0 Å². The van der Waals surface area contributed by atoms with Gasteiger partial charge in [0.25, 0.3) is 0 Å². The van der Waals surface area contributed by atoms with Crippen molar-refractivity contribution < 1.29 is 0 Å². The van der Waals surface area contributed by atoms with E-state index in [1.807, 2.05) is 0 Å². The zero-order valence-electron chi connectivity index (χ0n) is 14.8. The zero-order valence-corrected chi connectivity index (χ0v) is 14.8. The third-order valence-corrected chi connectivity index (χ3v) is 4.43. The first-order valence-corrected chi connectivity index (χ1v) is 8.38. The molecule has 0 spiro atoms. The molecule has 0 bridgehead atoms. The van der Waals surface area contributed by atoms with Gasteiger partial charge in [-0.25, -0.2) is 0 Å². The zero-order chi connectivity index (χ0) is 15.9. The first kappa shape index (κ1) is 18.2. The highest BCUT2D eigenvalue weighted by atomic mass is 15.1. The molecule has 0 aromatic heterocycles. The van der Waals surface area contributed by atoms with Crippen molar-refractivity contribution >= 4 is 0 Å². The lowest BCUT2D eigenvalue weighted by molar-refractivity contribution is 0.190. The van der Waals surface area contributed by atoms with Crippen molar-refractivity contribution in [2.24, 2.45) is 0 Å². The summed E-state index contributed by atoms with van der Waals surface area (Å²) >= 11 is 0. The second-order valence-corrected chi connectivity index (χ2v) is 7.02. The minimum absolute atomic E-state index is 0.141. The monoisotopic (exact) mass is 290 g/mol. The van der Waals surface area contributed by atoms with E-state index in [1.165, 1.54) is 18.4 Å². The first-order chi connectivity index (χ1) is 9.89. The standard InChI is InChI=1S/C19H34N2/c1-7-11-17(4)21(6)15-19(5,14-20-16(2)3)18-12-9-8-10-13-18/h8-10,12-13,16-17,20H,7,11,14-15H2,1-6H3. The lowest BCUT2D eigenvalue weighted by Gasteiger charge is -2.38. The van der Waals surface area contributed by atoms with Crippen LogP contribution in [0.2, 0.25) is 0 Å². The molecule has 120 valence electrons. The van der Waals surface area contributed by atoms with E-state index >= 15 is 0 Å². The second kappa shape index (κ2) is 8.55. The van der Waals surface area contributed by atoms with Gasteiger partial charge in [-0.15, -0.1) is 0 Å². The van der Waals surface area contributed by atoms with Crippen LogP contribution in [0.1, 0.15) is 53.0 Å². The number of nitrogens with zero attached hydrogens (tertiary/aromatic N) is 1. The molecule has 1 N–H and O–H groups in total. The van der Waals surface area contributed by atoms with Gasteiger partial charge in [0.15, 0.2) is 0 Å². The number of rotatable bonds is 9. The van der Waals surface area contributed by atoms with Gasteiger partial charge >= 0.3 is 0 Å². The molecule has 0 aliphatic heterocycles. The summed E-state index contributed by atoms with van der Waals surface area (Å²) in [6, 6.07) is 12.1. The smallest absolute Gasteiger partial charge is 0.0177 e. The van der Waals surface area contributed by atoms with Crippen LogP contribution in [0.3, 0.4) is 0 Å². The molecule has 0 amide bonds. The Bertz CT molecular complexity index is 388. The van der Waals surface area contributed by atoms with E-state index in [9.17, 15) is 0 Å². The Morgan fingerprint density at radius 1 is 1.14 bits per heavy atom. The fourth-order valence-corrected chi connectivity index (χ4v) is 2.86. The summed E-state index contributed by atoms with van der Waals surface area (Å²) in [7, 11) is 2.26. The van der Waals surface area contributed by atoms with Crippen LogP contribution in [0, 0.1) is 0 Å². The molecule has 0 aliphatic rings. The van der Waals surface area contributed by atoms with Crippen LogP contribution in [0.5, 0.6) is 0 Å². The van der Waals surface area contributed by atoms with Gasteiger partial charge in [-0.2, -0.15) is 0 Å². The van der Waals surface area contributed by atoms with Gasteiger partial charge in [-0.05, 0) is 26.0 Å². The predicted molar refractivity (Wildman–Crippen MR) is 93.9 cm³/mol. The van der Waals surface area contributed by atoms with Crippen LogP contribution in [-0.4, -0.2) is 37.1 Å². The fourth-order valence-electron chi connectivity index (χ4n) is 2.86. The molecule has 0 saturated heterocycles. The number of hydrogen-bond acceptors (Lipinski definition) is 2. The fraction of sp³-hybridized carbons (Fsp3) is 0.684. The summed E-state index contributed by atoms with van der Waals surface area (Å²) in [4.78, 5) is 2.51. The van der Waals surface area contributed by atoms with E-state index in [2.05, 4.69) is 82.2 Å². The lowest BCUT2D eigenvalue weighted by Crippen LogP contribution is -2.47. The highest BCUT2D eigenvalue weighted by molar-refractivity contribution is 5.25. The molecule has 1 rings (SSSR count). The van der Waals surface area contributed by atoms with E-state index in [4.69, 9.17) is 0 Å². The van der Waals surface area contributed by atoms with Gasteiger partial charge in [0.05, 0.1) is 0 Å². The van der Waals surface area contributed by atoms with Crippen molar-refractivity contribution in [2.45, 2.75) is 65.0 Å².